The van der Waals surface area contributed by atoms with Crippen molar-refractivity contribution in [3.63, 3.8) is 0 Å². The van der Waals surface area contributed by atoms with Crippen molar-refractivity contribution < 1.29 is 4.79 Å². The molecule has 2 nitrogen and oxygen atoms in total. The van der Waals surface area contributed by atoms with Crippen molar-refractivity contribution >= 4 is 5.91 Å². The van der Waals surface area contributed by atoms with Gasteiger partial charge >= 0.3 is 0 Å². The van der Waals surface area contributed by atoms with Crippen LogP contribution in [0.4, 0.5) is 0 Å². The highest BCUT2D eigenvalue weighted by Crippen LogP contribution is 2.46. The van der Waals surface area contributed by atoms with Crippen LogP contribution in [0.15, 0.2) is 72.8 Å². The summed E-state index contributed by atoms with van der Waals surface area (Å²) in [5.41, 5.74) is 2.38. The van der Waals surface area contributed by atoms with E-state index < -0.39 is 0 Å². The van der Waals surface area contributed by atoms with Crippen LogP contribution >= 0.6 is 0 Å². The van der Waals surface area contributed by atoms with Crippen molar-refractivity contribution in [1.29, 1.82) is 0 Å². The molecular weight excluding hydrogens is 270 g/mol. The number of likely N-dealkylation sites (tertiary alicyclic amines) is 1. The number of amides is 1. The highest BCUT2D eigenvalue weighted by Gasteiger charge is 2.48. The summed E-state index contributed by atoms with van der Waals surface area (Å²) >= 11 is 0. The van der Waals surface area contributed by atoms with E-state index in [1.807, 2.05) is 60.4 Å². The van der Waals surface area contributed by atoms with Gasteiger partial charge in [-0.15, -0.1) is 0 Å². The molecule has 0 unspecified atom stereocenters. The smallest absolute Gasteiger partial charge is 0.233 e. The van der Waals surface area contributed by atoms with Crippen LogP contribution in [0.2, 0.25) is 0 Å². The molecule has 2 aromatic rings. The van der Waals surface area contributed by atoms with Crippen LogP contribution in [0.3, 0.4) is 0 Å². The lowest BCUT2D eigenvalue weighted by atomic mass is 9.80. The molecule has 112 valence electrons. The highest BCUT2D eigenvalue weighted by atomic mass is 16.2. The molecule has 22 heavy (non-hydrogen) atoms. The number of rotatable bonds is 4. The first-order chi connectivity index (χ1) is 10.7. The first-order valence-corrected chi connectivity index (χ1v) is 7.79. The fourth-order valence-corrected chi connectivity index (χ4v) is 3.27. The maximum absolute atomic E-state index is 12.6. The Hall–Kier alpha value is -2.35. The summed E-state index contributed by atoms with van der Waals surface area (Å²) in [6.45, 7) is 4.08. The van der Waals surface area contributed by atoms with Crippen molar-refractivity contribution in [2.24, 2.45) is 5.92 Å². The second kappa shape index (κ2) is 6.18. The molecule has 0 N–H and O–H groups in total. The van der Waals surface area contributed by atoms with E-state index in [0.717, 1.165) is 0 Å². The minimum absolute atomic E-state index is 0.0430. The summed E-state index contributed by atoms with van der Waals surface area (Å²) in [4.78, 5) is 14.6. The van der Waals surface area contributed by atoms with E-state index >= 15 is 0 Å². The summed E-state index contributed by atoms with van der Waals surface area (Å²) in [6, 6.07) is 20.7. The van der Waals surface area contributed by atoms with Gasteiger partial charge in [0, 0.05) is 0 Å². The van der Waals surface area contributed by atoms with Gasteiger partial charge in [-0.05, 0) is 25.0 Å². The molecule has 1 aliphatic heterocycles. The zero-order valence-electron chi connectivity index (χ0n) is 13.0. The lowest BCUT2D eigenvalue weighted by Crippen LogP contribution is -2.54. The van der Waals surface area contributed by atoms with Crippen LogP contribution in [-0.2, 0) is 4.79 Å². The molecule has 1 aliphatic rings. The third kappa shape index (κ3) is 2.45. The predicted molar refractivity (Wildman–Crippen MR) is 89.2 cm³/mol. The van der Waals surface area contributed by atoms with Gasteiger partial charge in [-0.3, -0.25) is 4.79 Å². The number of hydrogen-bond donors (Lipinski definition) is 0. The predicted octanol–water partition coefficient (Wildman–Crippen LogP) is 4.52. The molecule has 2 heteroatoms. The quantitative estimate of drug-likeness (QED) is 0.599. The Morgan fingerprint density at radius 1 is 1.00 bits per heavy atom. The second-order valence-electron chi connectivity index (χ2n) is 5.74. The maximum atomic E-state index is 12.6. The number of allylic oxidation sites excluding steroid dienone is 1. The monoisotopic (exact) mass is 291 g/mol. The summed E-state index contributed by atoms with van der Waals surface area (Å²) in [5.74, 6) is 0.168. The van der Waals surface area contributed by atoms with Crippen LogP contribution in [0, 0.1) is 5.92 Å². The SMILES string of the molecule is C/C=C/[C@@H]1C(=O)N([C@@H](C)c2ccccc2)[C@H]1c1ccccc1. The van der Waals surface area contributed by atoms with Gasteiger partial charge in [-0.1, -0.05) is 72.8 Å². The fraction of sp³-hybridized carbons (Fsp3) is 0.250. The summed E-state index contributed by atoms with van der Waals surface area (Å²) < 4.78 is 0. The Morgan fingerprint density at radius 2 is 1.59 bits per heavy atom. The summed E-state index contributed by atoms with van der Waals surface area (Å²) in [5, 5.41) is 0. The van der Waals surface area contributed by atoms with Gasteiger partial charge in [0.1, 0.15) is 0 Å². The van der Waals surface area contributed by atoms with Crippen LogP contribution in [0.1, 0.15) is 37.1 Å². The average molecular weight is 291 g/mol. The van der Waals surface area contributed by atoms with Gasteiger partial charge in [0.05, 0.1) is 18.0 Å². The van der Waals surface area contributed by atoms with Crippen LogP contribution in [-0.4, -0.2) is 10.8 Å². The molecule has 0 saturated carbocycles. The minimum atomic E-state index is -0.0430. The Bertz CT molecular complexity index is 663. The molecule has 1 fully saturated rings. The zero-order chi connectivity index (χ0) is 15.5. The van der Waals surface area contributed by atoms with E-state index in [9.17, 15) is 4.79 Å². The molecular formula is C20H21NO. The number of benzene rings is 2. The molecule has 0 aliphatic carbocycles. The standard InChI is InChI=1S/C20H21NO/c1-3-10-18-19(17-13-8-5-9-14-17)21(20(18)22)15(2)16-11-6-4-7-12-16/h3-15,18-19H,1-2H3/b10-3+/t15-,18-,19-/m0/s1. The van der Waals surface area contributed by atoms with Gasteiger partial charge in [0.15, 0.2) is 0 Å². The lowest BCUT2D eigenvalue weighted by Gasteiger charge is -2.50. The molecule has 1 heterocycles. The van der Waals surface area contributed by atoms with E-state index in [-0.39, 0.29) is 23.9 Å². The first-order valence-electron chi connectivity index (χ1n) is 7.79. The fourth-order valence-electron chi connectivity index (χ4n) is 3.27. The molecule has 0 bridgehead atoms. The highest BCUT2D eigenvalue weighted by molar-refractivity contribution is 5.88. The Balaban J connectivity index is 1.94. The summed E-state index contributed by atoms with van der Waals surface area (Å²) in [7, 11) is 0. The number of β-lactam (4-membered cyclic amide) rings is 1. The van der Waals surface area contributed by atoms with Crippen LogP contribution in [0.5, 0.6) is 0 Å². The lowest BCUT2D eigenvalue weighted by molar-refractivity contribution is -0.157. The van der Waals surface area contributed by atoms with Crippen LogP contribution in [0.25, 0.3) is 0 Å². The third-order valence-electron chi connectivity index (χ3n) is 4.42. The third-order valence-corrected chi connectivity index (χ3v) is 4.42. The average Bonchev–Trinajstić information content (AvgIpc) is 2.58. The van der Waals surface area contributed by atoms with Crippen molar-refractivity contribution in [3.8, 4) is 0 Å². The molecule has 0 radical (unpaired) electrons. The molecule has 1 saturated heterocycles. The van der Waals surface area contributed by atoms with Crippen molar-refractivity contribution in [2.45, 2.75) is 25.9 Å². The maximum Gasteiger partial charge on any atom is 0.233 e. The summed E-state index contributed by atoms with van der Waals surface area (Å²) in [6.07, 6.45) is 4.00. The zero-order valence-corrected chi connectivity index (χ0v) is 13.0. The van der Waals surface area contributed by atoms with E-state index in [4.69, 9.17) is 0 Å². The van der Waals surface area contributed by atoms with Gasteiger partial charge in [0.2, 0.25) is 5.91 Å². The van der Waals surface area contributed by atoms with Gasteiger partial charge < -0.3 is 4.90 Å². The van der Waals surface area contributed by atoms with Crippen molar-refractivity contribution in [3.05, 3.63) is 83.9 Å². The molecule has 2 aromatic carbocycles. The second-order valence-corrected chi connectivity index (χ2v) is 5.74. The number of carbonyl (C=O) groups is 1. The van der Waals surface area contributed by atoms with Crippen molar-refractivity contribution in [1.82, 2.24) is 4.90 Å². The largest absolute Gasteiger partial charge is 0.327 e. The Labute approximate surface area is 132 Å². The Kier molecular flexibility index (Phi) is 4.10. The molecule has 0 spiro atoms. The number of carbonyl (C=O) groups excluding carboxylic acids is 1. The van der Waals surface area contributed by atoms with Crippen molar-refractivity contribution in [2.75, 3.05) is 0 Å². The molecule has 0 aromatic heterocycles. The van der Waals surface area contributed by atoms with E-state index in [0.29, 0.717) is 0 Å². The van der Waals surface area contributed by atoms with E-state index in [1.165, 1.54) is 11.1 Å². The number of hydrogen-bond acceptors (Lipinski definition) is 1. The topological polar surface area (TPSA) is 20.3 Å². The first kappa shape index (κ1) is 14.6. The van der Waals surface area contributed by atoms with Gasteiger partial charge in [-0.25, -0.2) is 0 Å². The van der Waals surface area contributed by atoms with Gasteiger partial charge in [0.25, 0.3) is 0 Å². The van der Waals surface area contributed by atoms with E-state index in [1.54, 1.807) is 0 Å². The normalized spacial score (nSPS) is 22.6. The molecule has 3 rings (SSSR count). The van der Waals surface area contributed by atoms with E-state index in [2.05, 4.69) is 31.2 Å². The number of nitrogens with zero attached hydrogens (tertiary/aromatic N) is 1. The Morgan fingerprint density at radius 3 is 2.18 bits per heavy atom. The minimum Gasteiger partial charge on any atom is -0.327 e. The van der Waals surface area contributed by atoms with Crippen LogP contribution < -0.4 is 0 Å². The van der Waals surface area contributed by atoms with Gasteiger partial charge in [-0.2, -0.15) is 0 Å². The molecule has 3 atom stereocenters. The molecule has 1 amide bonds.